The first kappa shape index (κ1) is 11.7. The van der Waals surface area contributed by atoms with Gasteiger partial charge in [-0.2, -0.15) is 0 Å². The van der Waals surface area contributed by atoms with Gasteiger partial charge in [-0.05, 0) is 51.5 Å². The molecule has 0 radical (unpaired) electrons. The topological polar surface area (TPSA) is 26.0 Å². The van der Waals surface area contributed by atoms with Crippen LogP contribution in [0.15, 0.2) is 11.6 Å². The molecule has 14 heavy (non-hydrogen) atoms. The predicted octanol–water partition coefficient (Wildman–Crippen LogP) is 3.34. The van der Waals surface area contributed by atoms with Crippen LogP contribution < -0.4 is 5.73 Å². The standard InChI is InChI=1S/C12H22FN/c1-12(2,14)9-11(13)10-7-5-3-4-6-8-10/h7,11H,3-6,8-9,14H2,1-2H3. The Morgan fingerprint density at radius 1 is 1.43 bits per heavy atom. The van der Waals surface area contributed by atoms with Crippen LogP contribution in [0.25, 0.3) is 0 Å². The van der Waals surface area contributed by atoms with Crippen molar-refractivity contribution in [1.29, 1.82) is 0 Å². The zero-order valence-electron chi connectivity index (χ0n) is 9.35. The third-order valence-electron chi connectivity index (χ3n) is 2.68. The molecule has 0 aromatic heterocycles. The van der Waals surface area contributed by atoms with Crippen molar-refractivity contribution in [1.82, 2.24) is 0 Å². The van der Waals surface area contributed by atoms with E-state index in [0.29, 0.717) is 6.42 Å². The highest BCUT2D eigenvalue weighted by Crippen LogP contribution is 2.25. The van der Waals surface area contributed by atoms with Crippen LogP contribution >= 0.6 is 0 Å². The first-order valence-electron chi connectivity index (χ1n) is 5.61. The van der Waals surface area contributed by atoms with E-state index in [2.05, 4.69) is 6.08 Å². The summed E-state index contributed by atoms with van der Waals surface area (Å²) < 4.78 is 13.8. The molecular weight excluding hydrogens is 177 g/mol. The Morgan fingerprint density at radius 2 is 2.14 bits per heavy atom. The van der Waals surface area contributed by atoms with Crippen LogP contribution in [0, 0.1) is 0 Å². The van der Waals surface area contributed by atoms with Gasteiger partial charge < -0.3 is 5.73 Å². The van der Waals surface area contributed by atoms with Gasteiger partial charge in [0.25, 0.3) is 0 Å². The van der Waals surface area contributed by atoms with Gasteiger partial charge >= 0.3 is 0 Å². The molecule has 0 heterocycles. The molecule has 1 aliphatic rings. The van der Waals surface area contributed by atoms with Crippen LogP contribution in [-0.2, 0) is 0 Å². The summed E-state index contributed by atoms with van der Waals surface area (Å²) in [4.78, 5) is 0. The highest BCUT2D eigenvalue weighted by Gasteiger charge is 2.21. The van der Waals surface area contributed by atoms with Gasteiger partial charge in [0.05, 0.1) is 0 Å². The molecule has 0 saturated heterocycles. The number of alkyl halides is 1. The van der Waals surface area contributed by atoms with E-state index in [9.17, 15) is 4.39 Å². The molecule has 82 valence electrons. The molecule has 0 aliphatic heterocycles. The van der Waals surface area contributed by atoms with Gasteiger partial charge in [0.1, 0.15) is 6.17 Å². The quantitative estimate of drug-likeness (QED) is 0.693. The van der Waals surface area contributed by atoms with Crippen molar-refractivity contribution in [3.05, 3.63) is 11.6 Å². The first-order chi connectivity index (χ1) is 6.49. The van der Waals surface area contributed by atoms with Gasteiger partial charge in [-0.25, -0.2) is 4.39 Å². The van der Waals surface area contributed by atoms with Gasteiger partial charge in [-0.15, -0.1) is 0 Å². The Balaban J connectivity index is 2.50. The van der Waals surface area contributed by atoms with Crippen molar-refractivity contribution >= 4 is 0 Å². The van der Waals surface area contributed by atoms with Crippen molar-refractivity contribution in [2.24, 2.45) is 5.73 Å². The monoisotopic (exact) mass is 199 g/mol. The zero-order valence-corrected chi connectivity index (χ0v) is 9.35. The number of allylic oxidation sites excluding steroid dienone is 2. The fraction of sp³-hybridized carbons (Fsp3) is 0.833. The third kappa shape index (κ3) is 4.23. The predicted molar refractivity (Wildman–Crippen MR) is 58.9 cm³/mol. The maximum absolute atomic E-state index is 13.8. The Labute approximate surface area is 86.6 Å². The molecular formula is C12H22FN. The summed E-state index contributed by atoms with van der Waals surface area (Å²) in [5.41, 5.74) is 6.41. The molecule has 2 N–H and O–H groups in total. The van der Waals surface area contributed by atoms with Gasteiger partial charge in [-0.1, -0.05) is 12.5 Å². The average molecular weight is 199 g/mol. The Morgan fingerprint density at radius 3 is 2.79 bits per heavy atom. The van der Waals surface area contributed by atoms with Crippen molar-refractivity contribution in [2.75, 3.05) is 0 Å². The maximum Gasteiger partial charge on any atom is 0.123 e. The lowest BCUT2D eigenvalue weighted by Crippen LogP contribution is -2.35. The number of halogens is 1. The summed E-state index contributed by atoms with van der Waals surface area (Å²) in [5.74, 6) is 0. The second-order valence-electron chi connectivity index (χ2n) is 5.04. The van der Waals surface area contributed by atoms with Gasteiger partial charge in [0.15, 0.2) is 0 Å². The van der Waals surface area contributed by atoms with Crippen LogP contribution in [-0.4, -0.2) is 11.7 Å². The molecule has 0 aromatic rings. The van der Waals surface area contributed by atoms with E-state index >= 15 is 0 Å². The molecule has 0 bridgehead atoms. The second kappa shape index (κ2) is 4.92. The van der Waals surface area contributed by atoms with E-state index in [4.69, 9.17) is 5.73 Å². The fourth-order valence-corrected chi connectivity index (χ4v) is 1.92. The molecule has 1 atom stereocenters. The summed E-state index contributed by atoms with van der Waals surface area (Å²) >= 11 is 0. The fourth-order valence-electron chi connectivity index (χ4n) is 1.92. The molecule has 0 aromatic carbocycles. The van der Waals surface area contributed by atoms with E-state index in [1.165, 1.54) is 12.8 Å². The Bertz CT molecular complexity index is 203. The highest BCUT2D eigenvalue weighted by molar-refractivity contribution is 5.10. The molecule has 1 aliphatic carbocycles. The van der Waals surface area contributed by atoms with Gasteiger partial charge in [-0.3, -0.25) is 0 Å². The van der Waals surface area contributed by atoms with Crippen molar-refractivity contribution in [3.8, 4) is 0 Å². The van der Waals surface area contributed by atoms with Crippen molar-refractivity contribution < 1.29 is 4.39 Å². The molecule has 1 nitrogen and oxygen atoms in total. The van der Waals surface area contributed by atoms with Crippen LogP contribution in [0.3, 0.4) is 0 Å². The first-order valence-corrected chi connectivity index (χ1v) is 5.61. The highest BCUT2D eigenvalue weighted by atomic mass is 19.1. The zero-order chi connectivity index (χ0) is 10.6. The lowest BCUT2D eigenvalue weighted by atomic mass is 9.93. The van der Waals surface area contributed by atoms with Crippen LogP contribution in [0.2, 0.25) is 0 Å². The lowest BCUT2D eigenvalue weighted by Gasteiger charge is -2.22. The molecule has 0 saturated carbocycles. The Hall–Kier alpha value is -0.370. The second-order valence-corrected chi connectivity index (χ2v) is 5.04. The largest absolute Gasteiger partial charge is 0.325 e. The molecule has 1 unspecified atom stereocenters. The molecule has 0 spiro atoms. The molecule has 0 fully saturated rings. The van der Waals surface area contributed by atoms with Crippen molar-refractivity contribution in [2.45, 2.75) is 64.1 Å². The van der Waals surface area contributed by atoms with Crippen LogP contribution in [0.5, 0.6) is 0 Å². The minimum absolute atomic E-state index is 0.396. The number of hydrogen-bond acceptors (Lipinski definition) is 1. The molecule has 0 amide bonds. The summed E-state index contributed by atoms with van der Waals surface area (Å²) in [7, 11) is 0. The van der Waals surface area contributed by atoms with E-state index in [1.54, 1.807) is 0 Å². The molecule has 1 rings (SSSR count). The smallest absolute Gasteiger partial charge is 0.123 e. The summed E-state index contributed by atoms with van der Waals surface area (Å²) in [6, 6.07) is 0. The van der Waals surface area contributed by atoms with Gasteiger partial charge in [0.2, 0.25) is 0 Å². The van der Waals surface area contributed by atoms with E-state index in [-0.39, 0.29) is 0 Å². The number of hydrogen-bond donors (Lipinski definition) is 1. The third-order valence-corrected chi connectivity index (χ3v) is 2.68. The normalized spacial score (nSPS) is 21.3. The number of rotatable bonds is 3. The number of nitrogens with two attached hydrogens (primary N) is 1. The van der Waals surface area contributed by atoms with Gasteiger partial charge in [0, 0.05) is 5.54 Å². The summed E-state index contributed by atoms with van der Waals surface area (Å²) in [6.07, 6.45) is 7.26. The SMILES string of the molecule is CC(C)(N)CC(F)C1=CCCCCC1. The maximum atomic E-state index is 13.8. The summed E-state index contributed by atoms with van der Waals surface area (Å²) in [5, 5.41) is 0. The van der Waals surface area contributed by atoms with Crippen LogP contribution in [0.4, 0.5) is 4.39 Å². The Kier molecular flexibility index (Phi) is 4.11. The van der Waals surface area contributed by atoms with E-state index in [1.807, 2.05) is 13.8 Å². The van der Waals surface area contributed by atoms with E-state index < -0.39 is 11.7 Å². The minimum atomic E-state index is -0.826. The summed E-state index contributed by atoms with van der Waals surface area (Å²) in [6.45, 7) is 3.77. The molecule has 2 heteroatoms. The minimum Gasteiger partial charge on any atom is -0.325 e. The van der Waals surface area contributed by atoms with E-state index in [0.717, 1.165) is 24.8 Å². The van der Waals surface area contributed by atoms with Crippen molar-refractivity contribution in [3.63, 3.8) is 0 Å². The lowest BCUT2D eigenvalue weighted by molar-refractivity contribution is 0.292. The average Bonchev–Trinajstić information content (AvgIpc) is 2.27. The van der Waals surface area contributed by atoms with Crippen LogP contribution in [0.1, 0.15) is 52.4 Å².